The number of ketones is 1. The van der Waals surface area contributed by atoms with E-state index in [0.29, 0.717) is 11.1 Å². The summed E-state index contributed by atoms with van der Waals surface area (Å²) in [5, 5.41) is 0.964. The van der Waals surface area contributed by atoms with E-state index in [9.17, 15) is 4.79 Å². The van der Waals surface area contributed by atoms with Crippen LogP contribution in [0.1, 0.15) is 22.8 Å². The van der Waals surface area contributed by atoms with Gasteiger partial charge in [0.1, 0.15) is 5.75 Å². The van der Waals surface area contributed by atoms with Gasteiger partial charge in [-0.05, 0) is 24.7 Å². The van der Waals surface area contributed by atoms with E-state index in [1.54, 1.807) is 13.3 Å². The smallest absolute Gasteiger partial charge is 0.196 e. The maximum Gasteiger partial charge on any atom is 0.196 e. The molecule has 0 unspecified atom stereocenters. The molecule has 4 rings (SSSR count). The fourth-order valence-corrected chi connectivity index (χ4v) is 3.82. The van der Waals surface area contributed by atoms with Gasteiger partial charge in [-0.3, -0.25) is 9.78 Å². The van der Waals surface area contributed by atoms with Crippen molar-refractivity contribution < 1.29 is 9.53 Å². The molecule has 1 aliphatic rings. The van der Waals surface area contributed by atoms with Gasteiger partial charge in [0.05, 0.1) is 23.9 Å². The number of rotatable bonds is 5. The fourth-order valence-electron chi connectivity index (χ4n) is 3.82. The molecular formula is C23H26ClN3O2. The number of pyridine rings is 1. The molecule has 6 heteroatoms. The normalized spacial score (nSPS) is 14.5. The number of nitrogens with zero attached hydrogens (tertiary/aromatic N) is 3. The lowest BCUT2D eigenvalue weighted by Gasteiger charge is -2.36. The van der Waals surface area contributed by atoms with Crippen molar-refractivity contribution in [1.82, 2.24) is 9.88 Å². The SMILES string of the molecule is CCN1CCN(c2c(C(=O)c3ccccc3)cnc3ccc(OC)cc23)CC1.Cl. The number of methoxy groups -OCH3 is 1. The van der Waals surface area contributed by atoms with Gasteiger partial charge in [0.15, 0.2) is 5.78 Å². The molecule has 0 amide bonds. The van der Waals surface area contributed by atoms with Gasteiger partial charge in [0, 0.05) is 43.3 Å². The molecule has 1 saturated heterocycles. The zero-order valence-electron chi connectivity index (χ0n) is 16.8. The van der Waals surface area contributed by atoms with Crippen LogP contribution in [0.3, 0.4) is 0 Å². The Bertz CT molecular complexity index is 986. The Hall–Kier alpha value is -2.63. The number of ether oxygens (including phenoxy) is 1. The second-order valence-electron chi connectivity index (χ2n) is 7.02. The summed E-state index contributed by atoms with van der Waals surface area (Å²) in [7, 11) is 1.66. The van der Waals surface area contributed by atoms with Gasteiger partial charge in [0.2, 0.25) is 0 Å². The average molecular weight is 412 g/mol. The minimum atomic E-state index is 0. The second-order valence-corrected chi connectivity index (χ2v) is 7.02. The third-order valence-electron chi connectivity index (χ3n) is 5.46. The molecule has 2 aromatic carbocycles. The maximum absolute atomic E-state index is 13.3. The summed E-state index contributed by atoms with van der Waals surface area (Å²) in [6.45, 7) is 6.99. The highest BCUT2D eigenvalue weighted by Gasteiger charge is 2.24. The lowest BCUT2D eigenvalue weighted by atomic mass is 9.99. The number of halogens is 1. The number of hydrogen-bond acceptors (Lipinski definition) is 5. The number of likely N-dealkylation sites (N-methyl/N-ethyl adjacent to an activating group) is 1. The third-order valence-corrected chi connectivity index (χ3v) is 5.46. The second kappa shape index (κ2) is 9.25. The molecule has 2 heterocycles. The van der Waals surface area contributed by atoms with Crippen LogP contribution < -0.4 is 9.64 Å². The Morgan fingerprint density at radius 2 is 1.79 bits per heavy atom. The van der Waals surface area contributed by atoms with Gasteiger partial charge in [-0.25, -0.2) is 0 Å². The topological polar surface area (TPSA) is 45.7 Å². The number of piperazine rings is 1. The first-order chi connectivity index (χ1) is 13.7. The molecule has 0 aliphatic carbocycles. The number of carbonyl (C=O) groups is 1. The summed E-state index contributed by atoms with van der Waals surface area (Å²) in [5.41, 5.74) is 3.17. The third kappa shape index (κ3) is 4.21. The van der Waals surface area contributed by atoms with Crippen molar-refractivity contribution in [3.63, 3.8) is 0 Å². The highest BCUT2D eigenvalue weighted by molar-refractivity contribution is 6.16. The van der Waals surface area contributed by atoms with Gasteiger partial charge in [-0.15, -0.1) is 12.4 Å². The van der Waals surface area contributed by atoms with Gasteiger partial charge in [0.25, 0.3) is 0 Å². The highest BCUT2D eigenvalue weighted by Crippen LogP contribution is 2.34. The standard InChI is InChI=1S/C23H25N3O2.ClH/c1-3-25-11-13-26(14-12-25)22-19-15-18(28-2)9-10-21(19)24-16-20(22)23(27)17-7-5-4-6-8-17;/h4-10,15-16H,3,11-14H2,1-2H3;1H. The van der Waals surface area contributed by atoms with E-state index in [0.717, 1.165) is 55.1 Å². The molecule has 1 fully saturated rings. The molecule has 5 nitrogen and oxygen atoms in total. The predicted octanol–water partition coefficient (Wildman–Crippen LogP) is 4.04. The van der Waals surface area contributed by atoms with Crippen molar-refractivity contribution in [3.8, 4) is 5.75 Å². The van der Waals surface area contributed by atoms with Crippen LogP contribution >= 0.6 is 12.4 Å². The minimum Gasteiger partial charge on any atom is -0.497 e. The highest BCUT2D eigenvalue weighted by atomic mass is 35.5. The quantitative estimate of drug-likeness (QED) is 0.593. The molecule has 0 bridgehead atoms. The van der Waals surface area contributed by atoms with Crippen molar-refractivity contribution in [1.29, 1.82) is 0 Å². The zero-order chi connectivity index (χ0) is 19.5. The summed E-state index contributed by atoms with van der Waals surface area (Å²) in [5.74, 6) is 0.776. The van der Waals surface area contributed by atoms with E-state index in [4.69, 9.17) is 4.74 Å². The van der Waals surface area contributed by atoms with Crippen LogP contribution in [0.15, 0.2) is 54.7 Å². The van der Waals surface area contributed by atoms with Crippen LogP contribution in [-0.2, 0) is 0 Å². The Morgan fingerprint density at radius 3 is 2.45 bits per heavy atom. The number of benzene rings is 2. The number of fused-ring (bicyclic) bond motifs is 1. The van der Waals surface area contributed by atoms with Crippen LogP contribution in [0.4, 0.5) is 5.69 Å². The first kappa shape index (κ1) is 21.1. The molecular weight excluding hydrogens is 386 g/mol. The van der Waals surface area contributed by atoms with Crippen molar-refractivity contribution in [2.75, 3.05) is 44.7 Å². The van der Waals surface area contributed by atoms with Crippen molar-refractivity contribution >= 4 is 34.8 Å². The molecule has 0 saturated carbocycles. The van der Waals surface area contributed by atoms with E-state index < -0.39 is 0 Å². The fraction of sp³-hybridized carbons (Fsp3) is 0.304. The first-order valence-corrected chi connectivity index (χ1v) is 9.75. The molecule has 152 valence electrons. The number of anilines is 1. The molecule has 1 aliphatic heterocycles. The summed E-state index contributed by atoms with van der Waals surface area (Å²) >= 11 is 0. The number of aromatic nitrogens is 1. The zero-order valence-corrected chi connectivity index (χ0v) is 17.6. The molecule has 0 spiro atoms. The summed E-state index contributed by atoms with van der Waals surface area (Å²) in [6, 6.07) is 15.3. The van der Waals surface area contributed by atoms with Gasteiger partial charge in [-0.1, -0.05) is 37.3 Å². The van der Waals surface area contributed by atoms with Crippen molar-refractivity contribution in [2.45, 2.75) is 6.92 Å². The Kier molecular flexibility index (Phi) is 6.72. The number of carbonyl (C=O) groups excluding carboxylic acids is 1. The van der Waals surface area contributed by atoms with Crippen LogP contribution in [0.2, 0.25) is 0 Å². The lowest BCUT2D eigenvalue weighted by molar-refractivity contribution is 0.103. The van der Waals surface area contributed by atoms with E-state index >= 15 is 0 Å². The van der Waals surface area contributed by atoms with Crippen LogP contribution in [0.5, 0.6) is 5.75 Å². The first-order valence-electron chi connectivity index (χ1n) is 9.75. The molecule has 1 aromatic heterocycles. The van der Waals surface area contributed by atoms with Crippen LogP contribution in [-0.4, -0.2) is 55.5 Å². The summed E-state index contributed by atoms with van der Waals surface area (Å²) in [6.07, 6.45) is 1.73. The largest absolute Gasteiger partial charge is 0.497 e. The summed E-state index contributed by atoms with van der Waals surface area (Å²) in [4.78, 5) is 22.7. The van der Waals surface area contributed by atoms with E-state index in [2.05, 4.69) is 21.7 Å². The molecule has 3 aromatic rings. The van der Waals surface area contributed by atoms with Crippen LogP contribution in [0, 0.1) is 0 Å². The Morgan fingerprint density at radius 1 is 1.07 bits per heavy atom. The number of hydrogen-bond donors (Lipinski definition) is 0. The predicted molar refractivity (Wildman–Crippen MR) is 120 cm³/mol. The van der Waals surface area contributed by atoms with Gasteiger partial charge < -0.3 is 14.5 Å². The van der Waals surface area contributed by atoms with E-state index in [1.165, 1.54) is 0 Å². The molecule has 0 N–H and O–H groups in total. The average Bonchev–Trinajstić information content (AvgIpc) is 2.78. The molecule has 0 radical (unpaired) electrons. The summed E-state index contributed by atoms with van der Waals surface area (Å²) < 4.78 is 5.44. The van der Waals surface area contributed by atoms with E-state index in [1.807, 2.05) is 48.5 Å². The molecule has 29 heavy (non-hydrogen) atoms. The van der Waals surface area contributed by atoms with Crippen LogP contribution in [0.25, 0.3) is 10.9 Å². The van der Waals surface area contributed by atoms with Crippen molar-refractivity contribution in [3.05, 3.63) is 65.9 Å². The van der Waals surface area contributed by atoms with Gasteiger partial charge in [-0.2, -0.15) is 0 Å². The van der Waals surface area contributed by atoms with Crippen molar-refractivity contribution in [2.24, 2.45) is 0 Å². The monoisotopic (exact) mass is 411 g/mol. The molecule has 0 atom stereocenters. The van der Waals surface area contributed by atoms with E-state index in [-0.39, 0.29) is 18.2 Å². The van der Waals surface area contributed by atoms with Gasteiger partial charge >= 0.3 is 0 Å². The lowest BCUT2D eigenvalue weighted by Crippen LogP contribution is -2.46. The maximum atomic E-state index is 13.3. The Labute approximate surface area is 177 Å². The minimum absolute atomic E-state index is 0. The Balaban J connectivity index is 0.00000240.